The average Bonchev–Trinajstić information content (AvgIpc) is 2.43. The van der Waals surface area contributed by atoms with Gasteiger partial charge in [-0.25, -0.2) is 0 Å². The van der Waals surface area contributed by atoms with E-state index in [1.54, 1.807) is 0 Å². The first kappa shape index (κ1) is 18.7. The van der Waals surface area contributed by atoms with Crippen LogP contribution in [0.3, 0.4) is 0 Å². The number of rotatable bonds is 12. The van der Waals surface area contributed by atoms with Gasteiger partial charge in [-0.05, 0) is 25.9 Å². The molecule has 0 amide bonds. The number of aliphatic hydroxyl groups excluding tert-OH is 5. The molecule has 7 nitrogen and oxygen atoms in total. The monoisotopic (exact) mass is 280 g/mol. The number of hydrogen-bond donors (Lipinski definition) is 7. The van der Waals surface area contributed by atoms with Crippen LogP contribution in [0.2, 0.25) is 0 Å². The van der Waals surface area contributed by atoms with Crippen molar-refractivity contribution >= 4 is 0 Å². The fraction of sp³-hybridized carbons (Fsp3) is 1.00. The van der Waals surface area contributed by atoms with Crippen molar-refractivity contribution in [2.75, 3.05) is 26.2 Å². The fourth-order valence-electron chi connectivity index (χ4n) is 1.68. The predicted octanol–water partition coefficient (Wildman–Crippen LogP) is -2.47. The Kier molecular flexibility index (Phi) is 11.4. The minimum atomic E-state index is -1.56. The molecule has 116 valence electrons. The van der Waals surface area contributed by atoms with E-state index in [4.69, 9.17) is 15.9 Å². The van der Waals surface area contributed by atoms with Gasteiger partial charge in [0.15, 0.2) is 0 Å². The molecule has 0 radical (unpaired) electrons. The van der Waals surface area contributed by atoms with E-state index >= 15 is 0 Å². The smallest absolute Gasteiger partial charge is 0.111 e. The molecule has 0 aliphatic heterocycles. The maximum Gasteiger partial charge on any atom is 0.111 e. The van der Waals surface area contributed by atoms with E-state index in [1.807, 2.05) is 0 Å². The average molecular weight is 280 g/mol. The summed E-state index contributed by atoms with van der Waals surface area (Å²) < 4.78 is 0. The first-order valence-electron chi connectivity index (χ1n) is 6.78. The second-order valence-electron chi connectivity index (χ2n) is 4.71. The van der Waals surface area contributed by atoms with Gasteiger partial charge >= 0.3 is 0 Å². The van der Waals surface area contributed by atoms with Crippen LogP contribution in [0.15, 0.2) is 0 Å². The molecule has 0 bridgehead atoms. The second-order valence-corrected chi connectivity index (χ2v) is 4.71. The highest BCUT2D eigenvalue weighted by atomic mass is 16.4. The number of nitrogens with two attached hydrogens (primary N) is 1. The zero-order valence-electron chi connectivity index (χ0n) is 11.3. The van der Waals surface area contributed by atoms with Crippen molar-refractivity contribution in [1.29, 1.82) is 0 Å². The van der Waals surface area contributed by atoms with Crippen LogP contribution in [0.1, 0.15) is 25.7 Å². The number of unbranched alkanes of at least 4 members (excludes halogenated alkanes) is 3. The molecule has 0 aliphatic carbocycles. The molecular formula is C12H28N2O5. The molecule has 0 aliphatic rings. The van der Waals surface area contributed by atoms with Crippen LogP contribution in [0.5, 0.6) is 0 Å². The first-order chi connectivity index (χ1) is 9.04. The molecule has 0 aromatic carbocycles. The first-order valence-corrected chi connectivity index (χ1v) is 6.78. The maximum absolute atomic E-state index is 9.59. The van der Waals surface area contributed by atoms with Crippen molar-refractivity contribution in [3.63, 3.8) is 0 Å². The van der Waals surface area contributed by atoms with Crippen molar-refractivity contribution in [1.82, 2.24) is 5.32 Å². The molecule has 0 fully saturated rings. The molecule has 7 heteroatoms. The standard InChI is InChI=1S/C12H28N2O5/c13-5-3-1-2-4-6-14-7-9(16)11(18)12(19)10(17)8-15/h9-12,14-19H,1-8,13H2/t9-,10+,11+,12+/m0/s1. The lowest BCUT2D eigenvalue weighted by Gasteiger charge is -2.25. The summed E-state index contributed by atoms with van der Waals surface area (Å²) >= 11 is 0. The van der Waals surface area contributed by atoms with Gasteiger partial charge in [-0.15, -0.1) is 0 Å². The summed E-state index contributed by atoms with van der Waals surface area (Å²) in [6.45, 7) is 0.850. The Bertz CT molecular complexity index is 209. The lowest BCUT2D eigenvalue weighted by molar-refractivity contribution is -0.113. The van der Waals surface area contributed by atoms with Crippen molar-refractivity contribution in [3.05, 3.63) is 0 Å². The van der Waals surface area contributed by atoms with Crippen molar-refractivity contribution in [3.8, 4) is 0 Å². The van der Waals surface area contributed by atoms with Gasteiger partial charge in [-0.3, -0.25) is 0 Å². The largest absolute Gasteiger partial charge is 0.394 e. The number of hydrogen-bond acceptors (Lipinski definition) is 7. The summed E-state index contributed by atoms with van der Waals surface area (Å²) in [7, 11) is 0. The SMILES string of the molecule is NCCCCCCNC[C@H](O)[C@@H](O)[C@H](O)[C@H](O)CO. The van der Waals surface area contributed by atoms with Crippen molar-refractivity contribution in [2.24, 2.45) is 5.73 Å². The number of nitrogens with one attached hydrogen (secondary N) is 1. The highest BCUT2D eigenvalue weighted by Crippen LogP contribution is 2.04. The van der Waals surface area contributed by atoms with Crippen LogP contribution in [0, 0.1) is 0 Å². The molecule has 4 atom stereocenters. The molecule has 19 heavy (non-hydrogen) atoms. The third-order valence-corrected chi connectivity index (χ3v) is 2.99. The molecule has 0 unspecified atom stereocenters. The van der Waals surface area contributed by atoms with Gasteiger partial charge in [0.25, 0.3) is 0 Å². The maximum atomic E-state index is 9.59. The van der Waals surface area contributed by atoms with Crippen LogP contribution in [0.4, 0.5) is 0 Å². The summed E-state index contributed by atoms with van der Waals surface area (Å²) in [5, 5.41) is 49.2. The molecule has 0 spiro atoms. The Hall–Kier alpha value is -0.280. The Morgan fingerprint density at radius 2 is 1.42 bits per heavy atom. The van der Waals surface area contributed by atoms with Gasteiger partial charge in [-0.2, -0.15) is 0 Å². The Morgan fingerprint density at radius 3 is 2.00 bits per heavy atom. The quantitative estimate of drug-likeness (QED) is 0.197. The van der Waals surface area contributed by atoms with E-state index in [0.717, 1.165) is 25.7 Å². The molecule has 0 saturated carbocycles. The minimum absolute atomic E-state index is 0.118. The van der Waals surface area contributed by atoms with Crippen LogP contribution in [0.25, 0.3) is 0 Å². The molecular weight excluding hydrogens is 252 g/mol. The summed E-state index contributed by atoms with van der Waals surface area (Å²) in [6.07, 6.45) is -1.63. The fourth-order valence-corrected chi connectivity index (χ4v) is 1.68. The molecule has 0 aromatic heterocycles. The zero-order valence-corrected chi connectivity index (χ0v) is 11.3. The van der Waals surface area contributed by atoms with Crippen LogP contribution in [-0.4, -0.2) is 76.2 Å². The van der Waals surface area contributed by atoms with Crippen LogP contribution >= 0.6 is 0 Å². The van der Waals surface area contributed by atoms with Gasteiger partial charge < -0.3 is 36.6 Å². The minimum Gasteiger partial charge on any atom is -0.394 e. The summed E-state index contributed by atoms with van der Waals surface area (Å²) in [5.74, 6) is 0. The van der Waals surface area contributed by atoms with Gasteiger partial charge in [0.1, 0.15) is 18.3 Å². The van der Waals surface area contributed by atoms with E-state index < -0.39 is 31.0 Å². The highest BCUT2D eigenvalue weighted by Gasteiger charge is 2.29. The predicted molar refractivity (Wildman–Crippen MR) is 71.5 cm³/mol. The third kappa shape index (κ3) is 8.48. The van der Waals surface area contributed by atoms with Gasteiger partial charge in [0, 0.05) is 6.54 Å². The van der Waals surface area contributed by atoms with E-state index in [1.165, 1.54) is 0 Å². The van der Waals surface area contributed by atoms with E-state index in [-0.39, 0.29) is 6.54 Å². The lowest BCUT2D eigenvalue weighted by atomic mass is 10.0. The summed E-state index contributed by atoms with van der Waals surface area (Å²) in [6, 6.07) is 0. The Labute approximate surface area is 114 Å². The molecule has 0 saturated heterocycles. The lowest BCUT2D eigenvalue weighted by Crippen LogP contribution is -2.49. The van der Waals surface area contributed by atoms with Gasteiger partial charge in [0.2, 0.25) is 0 Å². The summed E-state index contributed by atoms with van der Waals surface area (Å²) in [5.41, 5.74) is 5.37. The van der Waals surface area contributed by atoms with Gasteiger partial charge in [-0.1, -0.05) is 12.8 Å². The van der Waals surface area contributed by atoms with Crippen LogP contribution < -0.4 is 11.1 Å². The zero-order chi connectivity index (χ0) is 14.7. The third-order valence-electron chi connectivity index (χ3n) is 2.99. The Morgan fingerprint density at radius 1 is 0.842 bits per heavy atom. The van der Waals surface area contributed by atoms with Crippen LogP contribution in [-0.2, 0) is 0 Å². The Balaban J connectivity index is 3.64. The highest BCUT2D eigenvalue weighted by molar-refractivity contribution is 4.81. The molecule has 0 heterocycles. The summed E-state index contributed by atoms with van der Waals surface area (Å²) in [4.78, 5) is 0. The van der Waals surface area contributed by atoms with E-state index in [0.29, 0.717) is 13.1 Å². The number of aliphatic hydroxyl groups is 5. The molecule has 0 rings (SSSR count). The second kappa shape index (κ2) is 11.5. The van der Waals surface area contributed by atoms with E-state index in [9.17, 15) is 15.3 Å². The molecule has 0 aromatic rings. The van der Waals surface area contributed by atoms with Crippen molar-refractivity contribution in [2.45, 2.75) is 50.1 Å². The van der Waals surface area contributed by atoms with Gasteiger partial charge in [0.05, 0.1) is 12.7 Å². The van der Waals surface area contributed by atoms with Crippen molar-refractivity contribution < 1.29 is 25.5 Å². The molecule has 8 N–H and O–H groups in total. The topological polar surface area (TPSA) is 139 Å². The van der Waals surface area contributed by atoms with E-state index in [2.05, 4.69) is 5.32 Å². The normalized spacial score (nSPS) is 18.0.